The highest BCUT2D eigenvalue weighted by atomic mass is 19.4. The molecule has 0 bridgehead atoms. The van der Waals surface area contributed by atoms with Crippen LogP contribution >= 0.6 is 0 Å². The molecular weight excluding hydrogens is 311 g/mol. The van der Waals surface area contributed by atoms with Crippen LogP contribution in [0.25, 0.3) is 0 Å². The van der Waals surface area contributed by atoms with E-state index >= 15 is 0 Å². The van der Waals surface area contributed by atoms with Crippen molar-refractivity contribution in [1.82, 2.24) is 14.9 Å². The van der Waals surface area contributed by atoms with Gasteiger partial charge in [-0.15, -0.1) is 0 Å². The number of anilines is 3. The van der Waals surface area contributed by atoms with Crippen molar-refractivity contribution in [2.24, 2.45) is 0 Å². The molecule has 9 heteroatoms. The fraction of sp³-hybridized carbons (Fsp3) is 0.214. The number of carbonyl (C=O) groups is 1. The number of amides is 1. The number of alkyl halides is 3. The lowest BCUT2D eigenvalue weighted by molar-refractivity contribution is -0.137. The topological polar surface area (TPSA) is 84.1 Å². The number of rotatable bonds is 3. The van der Waals surface area contributed by atoms with Crippen molar-refractivity contribution in [3.05, 3.63) is 41.9 Å². The number of hydrogen-bond donors (Lipinski definition) is 2. The Morgan fingerprint density at radius 3 is 2.61 bits per heavy atom. The lowest BCUT2D eigenvalue weighted by Crippen LogP contribution is -2.23. The minimum atomic E-state index is -4.62. The van der Waals surface area contributed by atoms with E-state index in [2.05, 4.69) is 15.3 Å². The Kier molecular flexibility index (Phi) is 4.39. The molecule has 0 aliphatic heterocycles. The van der Waals surface area contributed by atoms with Crippen LogP contribution in [0.1, 0.15) is 15.9 Å². The van der Waals surface area contributed by atoms with E-state index < -0.39 is 17.4 Å². The van der Waals surface area contributed by atoms with Gasteiger partial charge in [-0.2, -0.15) is 13.2 Å². The van der Waals surface area contributed by atoms with Crippen LogP contribution in [0.5, 0.6) is 0 Å². The van der Waals surface area contributed by atoms with Crippen LogP contribution in [0.2, 0.25) is 0 Å². The average Bonchev–Trinajstić information content (AvgIpc) is 2.48. The van der Waals surface area contributed by atoms with Crippen molar-refractivity contribution in [3.8, 4) is 0 Å². The summed E-state index contributed by atoms with van der Waals surface area (Å²) < 4.78 is 38.6. The van der Waals surface area contributed by atoms with E-state index in [9.17, 15) is 18.0 Å². The summed E-state index contributed by atoms with van der Waals surface area (Å²) in [6.45, 7) is 0. The number of nitrogens with two attached hydrogens (primary N) is 1. The Hall–Kier alpha value is -2.84. The Balaban J connectivity index is 2.44. The molecule has 0 spiro atoms. The number of halogens is 3. The summed E-state index contributed by atoms with van der Waals surface area (Å²) in [5.74, 6) is -0.252. The molecule has 0 unspecified atom stereocenters. The normalized spacial score (nSPS) is 11.2. The second kappa shape index (κ2) is 6.11. The van der Waals surface area contributed by atoms with E-state index in [1.807, 2.05) is 0 Å². The van der Waals surface area contributed by atoms with E-state index in [1.54, 1.807) is 20.2 Å². The lowest BCUT2D eigenvalue weighted by Gasteiger charge is -2.16. The summed E-state index contributed by atoms with van der Waals surface area (Å²) in [5, 5.41) is 2.64. The first-order chi connectivity index (χ1) is 10.7. The van der Waals surface area contributed by atoms with Crippen molar-refractivity contribution < 1.29 is 18.0 Å². The molecule has 2 aromatic heterocycles. The highest BCUT2D eigenvalue weighted by molar-refractivity contribution is 5.99. The standard InChI is InChI=1S/C14H14F3N5O/c1-22(2)13(23)8-4-3-5-20-12(8)21-10-7-19-6-9(11(10)18)14(15,16)17/h3-7H,1-2H3,(H2,18,19)(H,20,21). The fourth-order valence-electron chi connectivity index (χ4n) is 1.84. The number of carbonyl (C=O) groups excluding carboxylic acids is 1. The maximum atomic E-state index is 12.9. The second-order valence-electron chi connectivity index (χ2n) is 4.87. The molecule has 2 rings (SSSR count). The van der Waals surface area contributed by atoms with Crippen LogP contribution in [0.15, 0.2) is 30.7 Å². The van der Waals surface area contributed by atoms with Crippen LogP contribution < -0.4 is 11.1 Å². The van der Waals surface area contributed by atoms with Crippen molar-refractivity contribution >= 4 is 23.1 Å². The van der Waals surface area contributed by atoms with Crippen LogP contribution in [0.3, 0.4) is 0 Å². The van der Waals surface area contributed by atoms with Gasteiger partial charge in [0, 0.05) is 26.5 Å². The minimum Gasteiger partial charge on any atom is -0.396 e. The molecular formula is C14H14F3N5O. The molecule has 0 aliphatic carbocycles. The van der Waals surface area contributed by atoms with E-state index in [4.69, 9.17) is 5.73 Å². The Bertz CT molecular complexity index is 731. The van der Waals surface area contributed by atoms with Crippen LogP contribution in [-0.4, -0.2) is 34.9 Å². The molecule has 0 aromatic carbocycles. The van der Waals surface area contributed by atoms with Crippen LogP contribution in [0, 0.1) is 0 Å². The van der Waals surface area contributed by atoms with Crippen molar-refractivity contribution in [2.45, 2.75) is 6.18 Å². The number of pyridine rings is 2. The highest BCUT2D eigenvalue weighted by Crippen LogP contribution is 2.37. The molecule has 2 aromatic rings. The van der Waals surface area contributed by atoms with E-state index in [0.29, 0.717) is 6.20 Å². The summed E-state index contributed by atoms with van der Waals surface area (Å²) in [4.78, 5) is 20.9. The third-order valence-electron chi connectivity index (χ3n) is 2.99. The molecule has 3 N–H and O–H groups in total. The van der Waals surface area contributed by atoms with E-state index in [-0.39, 0.29) is 23.0 Å². The molecule has 0 saturated carbocycles. The number of nitrogens with one attached hydrogen (secondary N) is 1. The Morgan fingerprint density at radius 2 is 2.00 bits per heavy atom. The maximum absolute atomic E-state index is 12.9. The Morgan fingerprint density at radius 1 is 1.30 bits per heavy atom. The molecule has 0 saturated heterocycles. The van der Waals surface area contributed by atoms with Crippen LogP contribution in [0.4, 0.5) is 30.4 Å². The monoisotopic (exact) mass is 325 g/mol. The zero-order valence-electron chi connectivity index (χ0n) is 12.3. The third kappa shape index (κ3) is 3.50. The van der Waals surface area contributed by atoms with Crippen molar-refractivity contribution in [3.63, 3.8) is 0 Å². The fourth-order valence-corrected chi connectivity index (χ4v) is 1.84. The molecule has 1 amide bonds. The summed E-state index contributed by atoms with van der Waals surface area (Å²) in [7, 11) is 3.11. The number of hydrogen-bond acceptors (Lipinski definition) is 5. The molecule has 0 fully saturated rings. The SMILES string of the molecule is CN(C)C(=O)c1cccnc1Nc1cncc(C(F)(F)F)c1N. The van der Waals surface area contributed by atoms with Gasteiger partial charge in [0.25, 0.3) is 5.91 Å². The average molecular weight is 325 g/mol. The summed E-state index contributed by atoms with van der Waals surface area (Å²) >= 11 is 0. The third-order valence-corrected chi connectivity index (χ3v) is 2.99. The predicted octanol–water partition coefficient (Wildman–Crippen LogP) is 2.52. The van der Waals surface area contributed by atoms with Crippen molar-refractivity contribution in [1.29, 1.82) is 0 Å². The van der Waals surface area contributed by atoms with Gasteiger partial charge in [0.15, 0.2) is 0 Å². The van der Waals surface area contributed by atoms with E-state index in [0.717, 1.165) is 6.20 Å². The van der Waals surface area contributed by atoms with Crippen molar-refractivity contribution in [2.75, 3.05) is 25.1 Å². The smallest absolute Gasteiger partial charge is 0.396 e. The first-order valence-electron chi connectivity index (χ1n) is 6.46. The van der Waals surface area contributed by atoms with Gasteiger partial charge in [0.1, 0.15) is 5.82 Å². The molecule has 2 heterocycles. The lowest BCUT2D eigenvalue weighted by atomic mass is 10.2. The first kappa shape index (κ1) is 16.5. The largest absolute Gasteiger partial charge is 0.419 e. The van der Waals surface area contributed by atoms with Gasteiger partial charge in [-0.3, -0.25) is 9.78 Å². The van der Waals surface area contributed by atoms with Gasteiger partial charge in [-0.25, -0.2) is 4.98 Å². The molecule has 0 atom stereocenters. The van der Waals surface area contributed by atoms with Gasteiger partial charge in [0.2, 0.25) is 0 Å². The molecule has 6 nitrogen and oxygen atoms in total. The molecule has 23 heavy (non-hydrogen) atoms. The molecule has 0 radical (unpaired) electrons. The summed E-state index contributed by atoms with van der Waals surface area (Å²) in [5.41, 5.74) is 4.11. The summed E-state index contributed by atoms with van der Waals surface area (Å²) in [6.07, 6.45) is -1.43. The van der Waals surface area contributed by atoms with Gasteiger partial charge < -0.3 is 16.0 Å². The zero-order valence-corrected chi connectivity index (χ0v) is 12.3. The second-order valence-corrected chi connectivity index (χ2v) is 4.87. The maximum Gasteiger partial charge on any atom is 0.419 e. The Labute approximate surface area is 130 Å². The predicted molar refractivity (Wildman–Crippen MR) is 79.2 cm³/mol. The minimum absolute atomic E-state index is 0.0775. The molecule has 122 valence electrons. The van der Waals surface area contributed by atoms with Gasteiger partial charge in [-0.05, 0) is 12.1 Å². The van der Waals surface area contributed by atoms with Gasteiger partial charge in [-0.1, -0.05) is 0 Å². The highest BCUT2D eigenvalue weighted by Gasteiger charge is 2.34. The van der Waals surface area contributed by atoms with Gasteiger partial charge >= 0.3 is 6.18 Å². The number of nitrogens with zero attached hydrogens (tertiary/aromatic N) is 3. The molecule has 0 aliphatic rings. The van der Waals surface area contributed by atoms with Crippen LogP contribution in [-0.2, 0) is 6.18 Å². The summed E-state index contributed by atoms with van der Waals surface area (Å²) in [6, 6.07) is 3.06. The first-order valence-corrected chi connectivity index (χ1v) is 6.46. The quantitative estimate of drug-likeness (QED) is 0.906. The van der Waals surface area contributed by atoms with E-state index in [1.165, 1.54) is 17.2 Å². The number of nitrogen functional groups attached to an aromatic ring is 1. The van der Waals surface area contributed by atoms with Gasteiger partial charge in [0.05, 0.1) is 28.7 Å². The number of aromatic nitrogens is 2. The zero-order chi connectivity index (χ0) is 17.2.